The molecular weight excluding hydrogens is 259 g/mol. The molecule has 2 N–H and O–H groups in total. The van der Waals surface area contributed by atoms with Gasteiger partial charge in [0, 0.05) is 26.1 Å². The molecule has 1 amide bonds. The fourth-order valence-corrected chi connectivity index (χ4v) is 2.63. The first-order valence-corrected chi connectivity index (χ1v) is 6.97. The van der Waals surface area contributed by atoms with Crippen LogP contribution in [0.5, 0.6) is 0 Å². The number of nitrogens with zero attached hydrogens (tertiary/aromatic N) is 1. The Hall–Kier alpha value is -1.62. The molecule has 2 rings (SSSR count). The molecule has 0 aromatic heterocycles. The summed E-state index contributed by atoms with van der Waals surface area (Å²) in [6.45, 7) is 2.95. The summed E-state index contributed by atoms with van der Waals surface area (Å²) in [5, 5.41) is 12.1. The summed E-state index contributed by atoms with van der Waals surface area (Å²) in [5.41, 5.74) is 1.12. The molecule has 1 atom stereocenters. The maximum Gasteiger partial charge on any atom is 0.222 e. The second-order valence-electron chi connectivity index (χ2n) is 5.26. The summed E-state index contributed by atoms with van der Waals surface area (Å²) >= 11 is 0. The SMILES string of the molecule is CNC(=O)C1CCN(c2ccc(C(C)O)cc2F)CC1. The van der Waals surface area contributed by atoms with Gasteiger partial charge in [-0.25, -0.2) is 4.39 Å². The van der Waals surface area contributed by atoms with Crippen molar-refractivity contribution in [1.29, 1.82) is 0 Å². The number of carbonyl (C=O) groups excluding carboxylic acids is 1. The van der Waals surface area contributed by atoms with Crippen LogP contribution in [0.15, 0.2) is 18.2 Å². The highest BCUT2D eigenvalue weighted by Gasteiger charge is 2.25. The van der Waals surface area contributed by atoms with Gasteiger partial charge in [-0.15, -0.1) is 0 Å². The van der Waals surface area contributed by atoms with Crippen LogP contribution in [-0.2, 0) is 4.79 Å². The van der Waals surface area contributed by atoms with Crippen LogP contribution in [0.2, 0.25) is 0 Å². The van der Waals surface area contributed by atoms with Crippen molar-refractivity contribution in [2.45, 2.75) is 25.9 Å². The lowest BCUT2D eigenvalue weighted by molar-refractivity contribution is -0.125. The van der Waals surface area contributed by atoms with Crippen LogP contribution in [0.1, 0.15) is 31.4 Å². The normalized spacial score (nSPS) is 17.9. The maximum absolute atomic E-state index is 14.1. The van der Waals surface area contributed by atoms with E-state index in [1.54, 1.807) is 26.1 Å². The lowest BCUT2D eigenvalue weighted by atomic mass is 9.95. The number of nitrogens with one attached hydrogen (secondary N) is 1. The van der Waals surface area contributed by atoms with Gasteiger partial charge in [0.15, 0.2) is 0 Å². The van der Waals surface area contributed by atoms with Crippen molar-refractivity contribution in [2.24, 2.45) is 5.92 Å². The summed E-state index contributed by atoms with van der Waals surface area (Å²) in [4.78, 5) is 13.5. The van der Waals surface area contributed by atoms with Crippen molar-refractivity contribution in [3.63, 3.8) is 0 Å². The van der Waals surface area contributed by atoms with E-state index in [0.29, 0.717) is 24.3 Å². The third-order valence-corrected chi connectivity index (χ3v) is 3.91. The van der Waals surface area contributed by atoms with Crippen LogP contribution in [0.4, 0.5) is 10.1 Å². The zero-order valence-electron chi connectivity index (χ0n) is 11.9. The van der Waals surface area contributed by atoms with Gasteiger partial charge in [-0.05, 0) is 37.5 Å². The van der Waals surface area contributed by atoms with Gasteiger partial charge in [0.05, 0.1) is 11.8 Å². The van der Waals surface area contributed by atoms with Gasteiger partial charge in [-0.3, -0.25) is 4.79 Å². The lowest BCUT2D eigenvalue weighted by Gasteiger charge is -2.33. The largest absolute Gasteiger partial charge is 0.389 e. The van der Waals surface area contributed by atoms with Crippen molar-refractivity contribution in [2.75, 3.05) is 25.0 Å². The molecule has 1 aliphatic rings. The Balaban J connectivity index is 2.05. The monoisotopic (exact) mass is 280 g/mol. The summed E-state index contributed by atoms with van der Waals surface area (Å²) in [7, 11) is 1.64. The molecule has 0 saturated carbocycles. The van der Waals surface area contributed by atoms with Crippen molar-refractivity contribution in [1.82, 2.24) is 5.32 Å². The third-order valence-electron chi connectivity index (χ3n) is 3.91. The number of benzene rings is 1. The second-order valence-corrected chi connectivity index (χ2v) is 5.26. The van der Waals surface area contributed by atoms with E-state index in [2.05, 4.69) is 5.32 Å². The van der Waals surface area contributed by atoms with Crippen LogP contribution in [0, 0.1) is 11.7 Å². The number of piperidine rings is 1. The van der Waals surface area contributed by atoms with E-state index in [1.165, 1.54) is 6.07 Å². The fraction of sp³-hybridized carbons (Fsp3) is 0.533. The van der Waals surface area contributed by atoms with Crippen LogP contribution in [-0.4, -0.2) is 31.2 Å². The van der Waals surface area contributed by atoms with Crippen molar-refractivity contribution < 1.29 is 14.3 Å². The van der Waals surface area contributed by atoms with E-state index in [-0.39, 0.29) is 17.6 Å². The molecule has 0 aliphatic carbocycles. The number of carbonyl (C=O) groups is 1. The summed E-state index contributed by atoms with van der Waals surface area (Å²) in [5.74, 6) is -0.229. The smallest absolute Gasteiger partial charge is 0.222 e. The van der Waals surface area contributed by atoms with Gasteiger partial charge >= 0.3 is 0 Å². The number of halogens is 1. The minimum absolute atomic E-state index is 0.0241. The predicted octanol–water partition coefficient (Wildman–Crippen LogP) is 1.84. The van der Waals surface area contributed by atoms with Gasteiger partial charge in [0.1, 0.15) is 5.82 Å². The van der Waals surface area contributed by atoms with Gasteiger partial charge in [-0.2, -0.15) is 0 Å². The van der Waals surface area contributed by atoms with Gasteiger partial charge < -0.3 is 15.3 Å². The van der Waals surface area contributed by atoms with Gasteiger partial charge in [-0.1, -0.05) is 6.07 Å². The number of amides is 1. The summed E-state index contributed by atoms with van der Waals surface area (Å²) in [6, 6.07) is 4.83. The zero-order valence-corrected chi connectivity index (χ0v) is 11.9. The van der Waals surface area contributed by atoms with E-state index in [1.807, 2.05) is 4.90 Å². The molecule has 0 radical (unpaired) electrons. The van der Waals surface area contributed by atoms with Crippen LogP contribution in [0.3, 0.4) is 0 Å². The Morgan fingerprint density at radius 2 is 2.10 bits per heavy atom. The number of rotatable bonds is 3. The van der Waals surface area contributed by atoms with E-state index in [9.17, 15) is 14.3 Å². The van der Waals surface area contributed by atoms with Gasteiger partial charge in [0.25, 0.3) is 0 Å². The number of aliphatic hydroxyl groups is 1. The maximum atomic E-state index is 14.1. The van der Waals surface area contributed by atoms with Crippen LogP contribution >= 0.6 is 0 Å². The van der Waals surface area contributed by atoms with Crippen molar-refractivity contribution in [3.05, 3.63) is 29.6 Å². The molecule has 1 heterocycles. The molecular formula is C15H21FN2O2. The quantitative estimate of drug-likeness (QED) is 0.888. The minimum Gasteiger partial charge on any atom is -0.389 e. The number of aliphatic hydroxyl groups excluding tert-OH is 1. The van der Waals surface area contributed by atoms with E-state index in [4.69, 9.17) is 0 Å². The molecule has 1 aliphatic heterocycles. The highest BCUT2D eigenvalue weighted by atomic mass is 19.1. The van der Waals surface area contributed by atoms with Crippen LogP contribution < -0.4 is 10.2 Å². The highest BCUT2D eigenvalue weighted by Crippen LogP contribution is 2.27. The zero-order chi connectivity index (χ0) is 14.7. The van der Waals surface area contributed by atoms with Gasteiger partial charge in [0.2, 0.25) is 5.91 Å². The Morgan fingerprint density at radius 1 is 1.45 bits per heavy atom. The first-order valence-electron chi connectivity index (χ1n) is 6.97. The molecule has 1 aromatic carbocycles. The average Bonchev–Trinajstić information content (AvgIpc) is 2.46. The van der Waals surface area contributed by atoms with E-state index in [0.717, 1.165) is 12.8 Å². The Bertz CT molecular complexity index is 483. The average molecular weight is 280 g/mol. The van der Waals surface area contributed by atoms with Crippen LogP contribution in [0.25, 0.3) is 0 Å². The second kappa shape index (κ2) is 6.22. The molecule has 5 heteroatoms. The molecule has 20 heavy (non-hydrogen) atoms. The molecule has 110 valence electrons. The van der Waals surface area contributed by atoms with Crippen molar-refractivity contribution in [3.8, 4) is 0 Å². The van der Waals surface area contributed by atoms with Crippen molar-refractivity contribution >= 4 is 11.6 Å². The number of hydrogen-bond donors (Lipinski definition) is 2. The third kappa shape index (κ3) is 3.10. The Kier molecular flexibility index (Phi) is 4.60. The fourth-order valence-electron chi connectivity index (χ4n) is 2.63. The number of anilines is 1. The highest BCUT2D eigenvalue weighted by molar-refractivity contribution is 5.78. The first kappa shape index (κ1) is 14.8. The predicted molar refractivity (Wildman–Crippen MR) is 76.0 cm³/mol. The summed E-state index contributed by atoms with van der Waals surface area (Å²) in [6.07, 6.45) is 0.798. The minimum atomic E-state index is -0.669. The molecule has 0 bridgehead atoms. The summed E-state index contributed by atoms with van der Waals surface area (Å²) < 4.78 is 14.1. The van der Waals surface area contributed by atoms with E-state index >= 15 is 0 Å². The topological polar surface area (TPSA) is 52.6 Å². The standard InChI is InChI=1S/C15H21FN2O2/c1-10(19)12-3-4-14(13(16)9-12)18-7-5-11(6-8-18)15(20)17-2/h3-4,9-11,19H,5-8H2,1-2H3,(H,17,20). The Labute approximate surface area is 118 Å². The molecule has 1 saturated heterocycles. The molecule has 4 nitrogen and oxygen atoms in total. The number of hydrogen-bond acceptors (Lipinski definition) is 3. The molecule has 0 spiro atoms. The van der Waals surface area contributed by atoms with E-state index < -0.39 is 6.10 Å². The lowest BCUT2D eigenvalue weighted by Crippen LogP contribution is -2.39. The molecule has 1 unspecified atom stereocenters. The molecule has 1 fully saturated rings. The Morgan fingerprint density at radius 3 is 2.60 bits per heavy atom. The molecule has 1 aromatic rings. The first-order chi connectivity index (χ1) is 9.52.